The van der Waals surface area contributed by atoms with Crippen molar-refractivity contribution in [2.75, 3.05) is 25.9 Å². The molecule has 0 aliphatic carbocycles. The lowest BCUT2D eigenvalue weighted by atomic mass is 10.1. The van der Waals surface area contributed by atoms with Gasteiger partial charge in [0.2, 0.25) is 10.0 Å². The van der Waals surface area contributed by atoms with Crippen LogP contribution in [0.15, 0.2) is 34.2 Å². The standard InChI is InChI=1S/C16H28N4O2S2/c1-5-18-15(20-12-16(2,3)23-4)19-11-10-13-6-8-14(9-7-13)24(17,21)22/h6-9H,5,10-12H2,1-4H3,(H2,17,21,22)(H2,18,19,20). The molecule has 0 bridgehead atoms. The maximum absolute atomic E-state index is 11.2. The molecule has 1 aromatic rings. The summed E-state index contributed by atoms with van der Waals surface area (Å²) in [5, 5.41) is 11.6. The number of nitrogens with zero attached hydrogens (tertiary/aromatic N) is 1. The second kappa shape index (κ2) is 9.29. The minimum atomic E-state index is -3.63. The van der Waals surface area contributed by atoms with Crippen LogP contribution in [-0.2, 0) is 16.4 Å². The molecule has 6 nitrogen and oxygen atoms in total. The van der Waals surface area contributed by atoms with Crippen LogP contribution < -0.4 is 15.8 Å². The van der Waals surface area contributed by atoms with Crippen LogP contribution in [0.25, 0.3) is 0 Å². The Balaban J connectivity index is 2.57. The third-order valence-electron chi connectivity index (χ3n) is 3.47. The number of rotatable bonds is 8. The number of hydrogen-bond donors (Lipinski definition) is 3. The van der Waals surface area contributed by atoms with Gasteiger partial charge in [0.15, 0.2) is 5.96 Å². The number of sulfonamides is 1. The summed E-state index contributed by atoms with van der Waals surface area (Å²) in [4.78, 5) is 4.74. The summed E-state index contributed by atoms with van der Waals surface area (Å²) in [7, 11) is -3.63. The van der Waals surface area contributed by atoms with Crippen molar-refractivity contribution in [3.8, 4) is 0 Å². The lowest BCUT2D eigenvalue weighted by molar-refractivity contribution is 0.598. The molecule has 0 radical (unpaired) electrons. The molecule has 0 unspecified atom stereocenters. The van der Waals surface area contributed by atoms with E-state index in [1.54, 1.807) is 23.9 Å². The minimum absolute atomic E-state index is 0.103. The van der Waals surface area contributed by atoms with Crippen molar-refractivity contribution in [1.82, 2.24) is 10.6 Å². The minimum Gasteiger partial charge on any atom is -0.357 e. The zero-order valence-electron chi connectivity index (χ0n) is 14.8. The van der Waals surface area contributed by atoms with Crippen molar-refractivity contribution in [2.24, 2.45) is 10.1 Å². The van der Waals surface area contributed by atoms with Crippen molar-refractivity contribution >= 4 is 27.7 Å². The molecule has 0 saturated carbocycles. The number of aliphatic imine (C=N–C) groups is 1. The van der Waals surface area contributed by atoms with Crippen LogP contribution in [0.2, 0.25) is 0 Å². The predicted octanol–water partition coefficient (Wildman–Crippen LogP) is 1.57. The van der Waals surface area contributed by atoms with Crippen molar-refractivity contribution < 1.29 is 8.42 Å². The van der Waals surface area contributed by atoms with Gasteiger partial charge in [0.05, 0.1) is 11.4 Å². The Morgan fingerprint density at radius 2 is 1.88 bits per heavy atom. The number of nitrogens with one attached hydrogen (secondary N) is 2. The molecule has 0 amide bonds. The molecule has 136 valence electrons. The van der Waals surface area contributed by atoms with Crippen LogP contribution >= 0.6 is 11.8 Å². The highest BCUT2D eigenvalue weighted by atomic mass is 32.2. The van der Waals surface area contributed by atoms with Crippen LogP contribution in [0.4, 0.5) is 0 Å². The van der Waals surface area contributed by atoms with E-state index in [9.17, 15) is 8.42 Å². The lowest BCUT2D eigenvalue weighted by Crippen LogP contribution is -2.39. The molecule has 0 atom stereocenters. The van der Waals surface area contributed by atoms with E-state index in [1.165, 1.54) is 12.1 Å². The average Bonchev–Trinajstić information content (AvgIpc) is 2.52. The second-order valence-electron chi connectivity index (χ2n) is 6.02. The Morgan fingerprint density at radius 1 is 1.25 bits per heavy atom. The van der Waals surface area contributed by atoms with E-state index in [-0.39, 0.29) is 9.64 Å². The first-order valence-corrected chi connectivity index (χ1v) is 10.6. The fourth-order valence-electron chi connectivity index (χ4n) is 1.85. The fourth-order valence-corrected chi connectivity index (χ4v) is 2.56. The molecule has 0 fully saturated rings. The predicted molar refractivity (Wildman–Crippen MR) is 103 cm³/mol. The molecule has 24 heavy (non-hydrogen) atoms. The summed E-state index contributed by atoms with van der Waals surface area (Å²) >= 11 is 1.79. The van der Waals surface area contributed by atoms with Crippen molar-refractivity contribution in [2.45, 2.75) is 36.8 Å². The molecule has 8 heteroatoms. The normalized spacial score (nSPS) is 13.0. The lowest BCUT2D eigenvalue weighted by Gasteiger charge is -2.20. The second-order valence-corrected chi connectivity index (χ2v) is 9.10. The maximum atomic E-state index is 11.2. The van der Waals surface area contributed by atoms with Crippen molar-refractivity contribution in [1.29, 1.82) is 0 Å². The largest absolute Gasteiger partial charge is 0.357 e. The average molecular weight is 373 g/mol. The zero-order valence-corrected chi connectivity index (χ0v) is 16.4. The van der Waals surface area contributed by atoms with E-state index in [2.05, 4.69) is 35.7 Å². The monoisotopic (exact) mass is 372 g/mol. The van der Waals surface area contributed by atoms with Crippen molar-refractivity contribution in [3.63, 3.8) is 0 Å². The molecule has 0 spiro atoms. The summed E-state index contributed by atoms with van der Waals surface area (Å²) in [5.74, 6) is 0.792. The Kier molecular flexibility index (Phi) is 8.05. The molecule has 4 N–H and O–H groups in total. The highest BCUT2D eigenvalue weighted by molar-refractivity contribution is 7.99. The van der Waals surface area contributed by atoms with E-state index in [0.29, 0.717) is 6.54 Å². The van der Waals surface area contributed by atoms with Crippen LogP contribution in [0.1, 0.15) is 26.3 Å². The molecule has 0 aliphatic rings. The van der Waals surface area contributed by atoms with Gasteiger partial charge in [-0.2, -0.15) is 11.8 Å². The summed E-state index contributed by atoms with van der Waals surface area (Å²) in [6.45, 7) is 8.60. The number of benzene rings is 1. The van der Waals surface area contributed by atoms with Gasteiger partial charge in [-0.1, -0.05) is 12.1 Å². The third kappa shape index (κ3) is 7.55. The van der Waals surface area contributed by atoms with Crippen molar-refractivity contribution in [3.05, 3.63) is 29.8 Å². The smallest absolute Gasteiger partial charge is 0.238 e. The number of hydrogen-bond acceptors (Lipinski definition) is 4. The van der Waals surface area contributed by atoms with E-state index >= 15 is 0 Å². The third-order valence-corrected chi connectivity index (χ3v) is 5.64. The van der Waals surface area contributed by atoms with E-state index in [1.807, 2.05) is 6.92 Å². The molecule has 0 aliphatic heterocycles. The van der Waals surface area contributed by atoms with Gasteiger partial charge in [0.1, 0.15) is 0 Å². The number of nitrogens with two attached hydrogens (primary N) is 1. The maximum Gasteiger partial charge on any atom is 0.238 e. The number of thioether (sulfide) groups is 1. The van der Waals surface area contributed by atoms with Crippen LogP contribution in [0.3, 0.4) is 0 Å². The van der Waals surface area contributed by atoms with E-state index < -0.39 is 10.0 Å². The van der Waals surface area contributed by atoms with E-state index in [0.717, 1.165) is 31.0 Å². The zero-order chi connectivity index (χ0) is 18.2. The molecule has 0 aromatic heterocycles. The van der Waals surface area contributed by atoms with Gasteiger partial charge in [-0.15, -0.1) is 0 Å². The van der Waals surface area contributed by atoms with Crippen LogP contribution in [0, 0.1) is 0 Å². The van der Waals surface area contributed by atoms with Gasteiger partial charge in [0, 0.05) is 17.8 Å². The van der Waals surface area contributed by atoms with E-state index in [4.69, 9.17) is 5.14 Å². The Hall–Kier alpha value is -1.25. The van der Waals surface area contributed by atoms with Gasteiger partial charge in [0.25, 0.3) is 0 Å². The molecule has 0 saturated heterocycles. The summed E-state index contributed by atoms with van der Waals surface area (Å²) in [6, 6.07) is 6.63. The number of guanidine groups is 1. The first kappa shape index (κ1) is 20.8. The summed E-state index contributed by atoms with van der Waals surface area (Å²) in [5.41, 5.74) is 1.04. The van der Waals surface area contributed by atoms with Gasteiger partial charge in [-0.25, -0.2) is 13.6 Å². The topological polar surface area (TPSA) is 96.6 Å². The van der Waals surface area contributed by atoms with Gasteiger partial charge in [-0.3, -0.25) is 4.99 Å². The summed E-state index contributed by atoms with van der Waals surface area (Å²) < 4.78 is 22.6. The Bertz CT molecular complexity index is 641. The molecule has 1 rings (SSSR count). The molecular formula is C16H28N4O2S2. The van der Waals surface area contributed by atoms with Gasteiger partial charge < -0.3 is 10.6 Å². The molecular weight excluding hydrogens is 344 g/mol. The first-order chi connectivity index (χ1) is 11.2. The highest BCUT2D eigenvalue weighted by Gasteiger charge is 2.15. The number of primary sulfonamides is 1. The highest BCUT2D eigenvalue weighted by Crippen LogP contribution is 2.20. The van der Waals surface area contributed by atoms with Gasteiger partial charge in [-0.05, 0) is 51.1 Å². The Labute approximate surface area is 149 Å². The summed E-state index contributed by atoms with van der Waals surface area (Å²) in [6.07, 6.45) is 2.85. The molecule has 0 heterocycles. The SMILES string of the molecule is CCNC(=NCC(C)(C)SC)NCCc1ccc(S(N)(=O)=O)cc1. The fraction of sp³-hybridized carbons (Fsp3) is 0.562. The van der Waals surface area contributed by atoms with Crippen LogP contribution in [-0.4, -0.2) is 45.0 Å². The molecule has 1 aromatic carbocycles. The Morgan fingerprint density at radius 3 is 2.38 bits per heavy atom. The quantitative estimate of drug-likeness (QED) is 0.475. The van der Waals surface area contributed by atoms with Gasteiger partial charge >= 0.3 is 0 Å². The van der Waals surface area contributed by atoms with Crippen LogP contribution in [0.5, 0.6) is 0 Å². The first-order valence-electron chi connectivity index (χ1n) is 7.87.